The molecule has 0 aromatic heterocycles. The molecule has 4 nitrogen and oxygen atoms in total. The zero-order valence-corrected chi connectivity index (χ0v) is 16.1. The number of hydrogen-bond acceptors (Lipinski definition) is 4. The number of allylic oxidation sites excluding steroid dienone is 1. The molecule has 4 rings (SSSR count). The molecule has 5 heteroatoms. The third kappa shape index (κ3) is 3.97. The van der Waals surface area contributed by atoms with E-state index in [1.807, 2.05) is 55.5 Å². The zero-order valence-electron chi connectivity index (χ0n) is 16.1. The number of alkyl halides is 1. The summed E-state index contributed by atoms with van der Waals surface area (Å²) in [7, 11) is 0. The maximum atomic E-state index is 15.5. The van der Waals surface area contributed by atoms with Gasteiger partial charge in [-0.25, -0.2) is 4.39 Å². The first-order chi connectivity index (χ1) is 13.6. The van der Waals surface area contributed by atoms with Crippen molar-refractivity contribution in [3.05, 3.63) is 84.1 Å². The molecule has 0 saturated carbocycles. The Hall–Kier alpha value is -2.21. The average Bonchev–Trinajstić information content (AvgIpc) is 2.98. The standard InChI is InChI=1S/C23H27FN2O2/c1-16(2)25-13-19-21(24)22-20(26(19)14-17-9-5-3-6-10-17)15-27-23(28-22)18-11-7-4-8-12-18/h3-12,19-23,25H,1,13-15H2,2H3/t19-,20-,21+,22-,23?/m1/s1. The molecule has 2 aliphatic heterocycles. The van der Waals surface area contributed by atoms with E-state index in [4.69, 9.17) is 9.47 Å². The quantitative estimate of drug-likeness (QED) is 0.824. The molecule has 1 unspecified atom stereocenters. The monoisotopic (exact) mass is 382 g/mol. The van der Waals surface area contributed by atoms with Gasteiger partial charge in [0, 0.05) is 24.4 Å². The number of ether oxygens (including phenoxy) is 2. The lowest BCUT2D eigenvalue weighted by Crippen LogP contribution is -2.47. The number of likely N-dealkylation sites (tertiary alicyclic amines) is 1. The molecule has 5 atom stereocenters. The Morgan fingerprint density at radius 2 is 1.82 bits per heavy atom. The lowest BCUT2D eigenvalue weighted by atomic mass is 10.1. The van der Waals surface area contributed by atoms with Crippen molar-refractivity contribution in [2.75, 3.05) is 13.2 Å². The van der Waals surface area contributed by atoms with Gasteiger partial charge in [-0.05, 0) is 12.5 Å². The summed E-state index contributed by atoms with van der Waals surface area (Å²) in [5, 5.41) is 3.21. The van der Waals surface area contributed by atoms with E-state index in [2.05, 4.69) is 28.9 Å². The van der Waals surface area contributed by atoms with E-state index >= 15 is 4.39 Å². The fourth-order valence-corrected chi connectivity index (χ4v) is 4.10. The van der Waals surface area contributed by atoms with Crippen molar-refractivity contribution in [2.24, 2.45) is 0 Å². The topological polar surface area (TPSA) is 33.7 Å². The van der Waals surface area contributed by atoms with Gasteiger partial charge in [0.25, 0.3) is 0 Å². The van der Waals surface area contributed by atoms with Gasteiger partial charge in [-0.3, -0.25) is 4.90 Å². The van der Waals surface area contributed by atoms with Crippen molar-refractivity contribution in [3.8, 4) is 0 Å². The molecular weight excluding hydrogens is 355 g/mol. The number of rotatable bonds is 6. The number of fused-ring (bicyclic) bond motifs is 1. The summed E-state index contributed by atoms with van der Waals surface area (Å²) in [6.07, 6.45) is -2.14. The minimum atomic E-state index is -1.10. The van der Waals surface area contributed by atoms with Gasteiger partial charge in [-0.15, -0.1) is 0 Å². The van der Waals surface area contributed by atoms with E-state index < -0.39 is 18.6 Å². The van der Waals surface area contributed by atoms with Crippen LogP contribution in [0.2, 0.25) is 0 Å². The van der Waals surface area contributed by atoms with Crippen LogP contribution in [0.25, 0.3) is 0 Å². The Morgan fingerprint density at radius 3 is 2.50 bits per heavy atom. The molecule has 28 heavy (non-hydrogen) atoms. The molecule has 148 valence electrons. The molecular formula is C23H27FN2O2. The highest BCUT2D eigenvalue weighted by atomic mass is 19.1. The van der Waals surface area contributed by atoms with Gasteiger partial charge < -0.3 is 14.8 Å². The van der Waals surface area contributed by atoms with Gasteiger partial charge in [-0.2, -0.15) is 0 Å². The maximum absolute atomic E-state index is 15.5. The van der Waals surface area contributed by atoms with Crippen LogP contribution in [0.15, 0.2) is 72.9 Å². The summed E-state index contributed by atoms with van der Waals surface area (Å²) < 4.78 is 27.6. The maximum Gasteiger partial charge on any atom is 0.184 e. The third-order valence-electron chi connectivity index (χ3n) is 5.50. The van der Waals surface area contributed by atoms with Crippen LogP contribution in [0.5, 0.6) is 0 Å². The van der Waals surface area contributed by atoms with E-state index in [-0.39, 0.29) is 12.1 Å². The van der Waals surface area contributed by atoms with Gasteiger partial charge in [-0.1, -0.05) is 67.2 Å². The molecule has 2 saturated heterocycles. The molecule has 2 fully saturated rings. The second-order valence-corrected chi connectivity index (χ2v) is 7.57. The summed E-state index contributed by atoms with van der Waals surface area (Å²) in [5.74, 6) is 0. The van der Waals surface area contributed by atoms with Gasteiger partial charge in [0.1, 0.15) is 12.3 Å². The SMILES string of the molecule is C=C(C)NC[C@@H]1[C@H](F)[C@@H]2OC(c3ccccc3)OC[C@H]2N1Cc1ccccc1. The van der Waals surface area contributed by atoms with E-state index in [0.29, 0.717) is 19.7 Å². The fraction of sp³-hybridized carbons (Fsp3) is 0.391. The minimum Gasteiger partial charge on any atom is -0.387 e. The van der Waals surface area contributed by atoms with Crippen molar-refractivity contribution in [2.45, 2.75) is 44.1 Å². The van der Waals surface area contributed by atoms with E-state index in [9.17, 15) is 0 Å². The fourth-order valence-electron chi connectivity index (χ4n) is 4.10. The first kappa shape index (κ1) is 19.1. The van der Waals surface area contributed by atoms with Crippen LogP contribution >= 0.6 is 0 Å². The van der Waals surface area contributed by atoms with Crippen molar-refractivity contribution in [1.82, 2.24) is 10.2 Å². The highest BCUT2D eigenvalue weighted by Gasteiger charge is 2.53. The van der Waals surface area contributed by atoms with Gasteiger partial charge >= 0.3 is 0 Å². The smallest absolute Gasteiger partial charge is 0.184 e. The lowest BCUT2D eigenvalue weighted by Gasteiger charge is -2.36. The summed E-state index contributed by atoms with van der Waals surface area (Å²) >= 11 is 0. The molecule has 2 aliphatic rings. The highest BCUT2D eigenvalue weighted by molar-refractivity contribution is 5.19. The van der Waals surface area contributed by atoms with E-state index in [1.165, 1.54) is 0 Å². The molecule has 2 heterocycles. The van der Waals surface area contributed by atoms with E-state index in [0.717, 1.165) is 16.8 Å². The highest BCUT2D eigenvalue weighted by Crippen LogP contribution is 2.38. The zero-order chi connectivity index (χ0) is 19.5. The predicted molar refractivity (Wildman–Crippen MR) is 107 cm³/mol. The van der Waals surface area contributed by atoms with Crippen LogP contribution in [0.1, 0.15) is 24.3 Å². The van der Waals surface area contributed by atoms with Gasteiger partial charge in [0.05, 0.1) is 18.7 Å². The van der Waals surface area contributed by atoms with Crippen LogP contribution in [0.3, 0.4) is 0 Å². The number of nitrogens with zero attached hydrogens (tertiary/aromatic N) is 1. The van der Waals surface area contributed by atoms with Crippen molar-refractivity contribution in [3.63, 3.8) is 0 Å². The Bertz CT molecular complexity index is 786. The largest absolute Gasteiger partial charge is 0.387 e. The summed E-state index contributed by atoms with van der Waals surface area (Å²) in [4.78, 5) is 2.18. The van der Waals surface area contributed by atoms with Crippen LogP contribution in [-0.4, -0.2) is 42.4 Å². The number of hydrogen-bond donors (Lipinski definition) is 1. The number of benzene rings is 2. The molecule has 2 aromatic rings. The summed E-state index contributed by atoms with van der Waals surface area (Å²) in [6.45, 7) is 7.38. The molecule has 0 spiro atoms. The van der Waals surface area contributed by atoms with Gasteiger partial charge in [0.15, 0.2) is 6.29 Å². The lowest BCUT2D eigenvalue weighted by molar-refractivity contribution is -0.237. The number of halogens is 1. The Labute approximate surface area is 166 Å². The van der Waals surface area contributed by atoms with Crippen LogP contribution < -0.4 is 5.32 Å². The number of nitrogens with one attached hydrogen (secondary N) is 1. The normalized spacial score (nSPS) is 30.0. The second-order valence-electron chi connectivity index (χ2n) is 7.57. The molecule has 1 N–H and O–H groups in total. The average molecular weight is 382 g/mol. The molecule has 0 radical (unpaired) electrons. The van der Waals surface area contributed by atoms with Crippen molar-refractivity contribution < 1.29 is 13.9 Å². The van der Waals surface area contributed by atoms with Crippen LogP contribution in [0, 0.1) is 0 Å². The minimum absolute atomic E-state index is 0.118. The van der Waals surface area contributed by atoms with E-state index in [1.54, 1.807) is 0 Å². The molecule has 0 amide bonds. The first-order valence-corrected chi connectivity index (χ1v) is 9.78. The van der Waals surface area contributed by atoms with Crippen molar-refractivity contribution in [1.29, 1.82) is 0 Å². The van der Waals surface area contributed by atoms with Gasteiger partial charge in [0.2, 0.25) is 0 Å². The van der Waals surface area contributed by atoms with Crippen LogP contribution in [-0.2, 0) is 16.0 Å². The Kier molecular flexibility index (Phi) is 5.76. The second kappa shape index (κ2) is 8.43. The Morgan fingerprint density at radius 1 is 1.14 bits per heavy atom. The van der Waals surface area contributed by atoms with Crippen LogP contribution in [0.4, 0.5) is 4.39 Å². The third-order valence-corrected chi connectivity index (χ3v) is 5.50. The molecule has 2 aromatic carbocycles. The predicted octanol–water partition coefficient (Wildman–Crippen LogP) is 3.81. The van der Waals surface area contributed by atoms with Crippen molar-refractivity contribution >= 4 is 0 Å². The molecule has 0 aliphatic carbocycles. The molecule has 0 bridgehead atoms. The Balaban J connectivity index is 1.55. The summed E-state index contributed by atoms with van der Waals surface area (Å²) in [5.41, 5.74) is 2.91. The first-order valence-electron chi connectivity index (χ1n) is 9.78. The summed E-state index contributed by atoms with van der Waals surface area (Å²) in [6, 6.07) is 19.5.